The third-order valence-electron chi connectivity index (χ3n) is 5.99. The number of sulfonamides is 1. The van der Waals surface area contributed by atoms with E-state index >= 15 is 0 Å². The highest BCUT2D eigenvalue weighted by molar-refractivity contribution is 7.92. The largest absolute Gasteiger partial charge is 0.490 e. The molecule has 202 valence electrons. The Morgan fingerprint density at radius 2 is 1.55 bits per heavy atom. The second kappa shape index (κ2) is 11.7. The number of carbonyl (C=O) groups is 1. The Bertz CT molecular complexity index is 1380. The van der Waals surface area contributed by atoms with E-state index in [1.165, 1.54) is 16.4 Å². The number of ether oxygens (including phenoxy) is 3. The van der Waals surface area contributed by atoms with Crippen molar-refractivity contribution in [1.29, 1.82) is 0 Å². The molecular weight excluding hydrogens is 511 g/mol. The number of anilines is 2. The number of hydrogen-bond acceptors (Lipinski definition) is 6. The zero-order valence-electron chi connectivity index (χ0n) is 21.6. The van der Waals surface area contributed by atoms with Crippen LogP contribution in [0.15, 0.2) is 59.5 Å². The summed E-state index contributed by atoms with van der Waals surface area (Å²) in [5, 5.41) is 2.89. The lowest BCUT2D eigenvalue weighted by Gasteiger charge is -2.31. The van der Waals surface area contributed by atoms with Crippen molar-refractivity contribution in [3.63, 3.8) is 0 Å². The van der Waals surface area contributed by atoms with Crippen LogP contribution in [0.25, 0.3) is 0 Å². The van der Waals surface area contributed by atoms with Gasteiger partial charge >= 0.3 is 0 Å². The molecule has 1 heterocycles. The predicted octanol–water partition coefficient (Wildman–Crippen LogP) is 5.42. The van der Waals surface area contributed by atoms with E-state index < -0.39 is 15.8 Å². The molecule has 0 aliphatic carbocycles. The quantitative estimate of drug-likeness (QED) is 0.368. The van der Waals surface area contributed by atoms with E-state index in [1.54, 1.807) is 30.3 Å². The number of fused-ring (bicyclic) bond motifs is 1. The summed E-state index contributed by atoms with van der Waals surface area (Å²) >= 11 is 0. The van der Waals surface area contributed by atoms with Crippen LogP contribution in [0, 0.1) is 5.82 Å². The van der Waals surface area contributed by atoms with Gasteiger partial charge in [-0.1, -0.05) is 0 Å². The Balaban J connectivity index is 1.61. The molecule has 1 N–H and O–H groups in total. The minimum absolute atomic E-state index is 0.0230. The number of benzene rings is 3. The van der Waals surface area contributed by atoms with Gasteiger partial charge in [-0.25, -0.2) is 12.8 Å². The number of hydrogen-bond donors (Lipinski definition) is 1. The first-order valence-electron chi connectivity index (χ1n) is 12.6. The summed E-state index contributed by atoms with van der Waals surface area (Å²) in [6, 6.07) is 13.1. The van der Waals surface area contributed by atoms with Crippen LogP contribution in [0.1, 0.15) is 43.1 Å². The Kier molecular flexibility index (Phi) is 8.41. The number of nitrogens with zero attached hydrogens (tertiary/aromatic N) is 1. The maximum Gasteiger partial charge on any atom is 0.264 e. The van der Waals surface area contributed by atoms with Gasteiger partial charge in [-0.05, 0) is 93.8 Å². The minimum Gasteiger partial charge on any atom is -0.490 e. The average Bonchev–Trinajstić information content (AvgIpc) is 2.90. The van der Waals surface area contributed by atoms with Crippen molar-refractivity contribution < 1.29 is 31.8 Å². The van der Waals surface area contributed by atoms with Crippen molar-refractivity contribution in [2.75, 3.05) is 36.0 Å². The Hall–Kier alpha value is -3.79. The van der Waals surface area contributed by atoms with E-state index in [-0.39, 0.29) is 10.8 Å². The van der Waals surface area contributed by atoms with Crippen LogP contribution in [0.4, 0.5) is 15.8 Å². The number of amides is 1. The van der Waals surface area contributed by atoms with Gasteiger partial charge in [-0.3, -0.25) is 9.10 Å². The maximum atomic E-state index is 13.3. The van der Waals surface area contributed by atoms with E-state index in [0.29, 0.717) is 73.4 Å². The molecule has 0 spiro atoms. The number of rotatable bonds is 10. The second-order valence-electron chi connectivity index (χ2n) is 8.53. The average molecular weight is 543 g/mol. The van der Waals surface area contributed by atoms with Gasteiger partial charge in [0.05, 0.1) is 30.4 Å². The first-order valence-corrected chi connectivity index (χ1v) is 14.0. The molecule has 1 aliphatic rings. The highest BCUT2D eigenvalue weighted by Gasteiger charge is 2.29. The first-order chi connectivity index (χ1) is 18.3. The standard InChI is InChI=1S/C28H31FN2O6S/c1-4-35-25-17-20(18-26(36-5-2)27(25)37-6-3)28(32)30-22-11-14-24-19(16-22)8-7-15-31(24)38(33,34)23-12-9-21(29)10-13-23/h9-14,16-18H,4-8,15H2,1-3H3,(H,30,32). The minimum atomic E-state index is -3.86. The molecule has 1 amide bonds. The molecule has 0 aromatic heterocycles. The van der Waals surface area contributed by atoms with Crippen LogP contribution in [0.5, 0.6) is 17.2 Å². The third kappa shape index (κ3) is 5.70. The number of nitrogens with one attached hydrogen (secondary N) is 1. The van der Waals surface area contributed by atoms with Crippen LogP contribution < -0.4 is 23.8 Å². The van der Waals surface area contributed by atoms with Crippen molar-refractivity contribution >= 4 is 27.3 Å². The highest BCUT2D eigenvalue weighted by Crippen LogP contribution is 2.39. The van der Waals surface area contributed by atoms with Crippen molar-refractivity contribution in [3.8, 4) is 17.2 Å². The fourth-order valence-electron chi connectivity index (χ4n) is 4.35. The predicted molar refractivity (Wildman–Crippen MR) is 144 cm³/mol. The van der Waals surface area contributed by atoms with Gasteiger partial charge in [-0.2, -0.15) is 0 Å². The van der Waals surface area contributed by atoms with Crippen LogP contribution >= 0.6 is 0 Å². The molecule has 3 aromatic rings. The van der Waals surface area contributed by atoms with E-state index in [2.05, 4.69) is 5.32 Å². The van der Waals surface area contributed by atoms with Crippen molar-refractivity contribution in [2.24, 2.45) is 0 Å². The third-order valence-corrected chi connectivity index (χ3v) is 7.81. The molecule has 8 nitrogen and oxygen atoms in total. The monoisotopic (exact) mass is 542 g/mol. The van der Waals surface area contributed by atoms with Gasteiger partial charge < -0.3 is 19.5 Å². The fraction of sp³-hybridized carbons (Fsp3) is 0.321. The van der Waals surface area contributed by atoms with E-state index in [0.717, 1.165) is 17.7 Å². The van der Waals surface area contributed by atoms with Crippen molar-refractivity contribution in [2.45, 2.75) is 38.5 Å². The Labute approximate surface area is 222 Å². The summed E-state index contributed by atoms with van der Waals surface area (Å²) in [5.41, 5.74) is 2.19. The lowest BCUT2D eigenvalue weighted by atomic mass is 10.0. The van der Waals surface area contributed by atoms with Crippen LogP contribution in [0.3, 0.4) is 0 Å². The van der Waals surface area contributed by atoms with Crippen LogP contribution in [-0.4, -0.2) is 40.7 Å². The lowest BCUT2D eigenvalue weighted by molar-refractivity contribution is 0.102. The molecule has 0 atom stereocenters. The van der Waals surface area contributed by atoms with Crippen LogP contribution in [-0.2, 0) is 16.4 Å². The molecule has 0 fully saturated rings. The van der Waals surface area contributed by atoms with Gasteiger partial charge in [0.2, 0.25) is 5.75 Å². The maximum absolute atomic E-state index is 13.3. The topological polar surface area (TPSA) is 94.2 Å². The molecule has 3 aromatic carbocycles. The summed E-state index contributed by atoms with van der Waals surface area (Å²) in [6.45, 7) is 7.04. The summed E-state index contributed by atoms with van der Waals surface area (Å²) in [7, 11) is -3.86. The molecular formula is C28H31FN2O6S. The number of halogens is 1. The van der Waals surface area contributed by atoms with Gasteiger partial charge in [0, 0.05) is 17.8 Å². The molecule has 0 radical (unpaired) electrons. The summed E-state index contributed by atoms with van der Waals surface area (Å²) in [4.78, 5) is 13.2. The molecule has 0 bridgehead atoms. The highest BCUT2D eigenvalue weighted by atomic mass is 32.2. The molecule has 0 saturated carbocycles. The fourth-order valence-corrected chi connectivity index (χ4v) is 5.89. The molecule has 10 heteroatoms. The molecule has 0 unspecified atom stereocenters. The van der Waals surface area contributed by atoms with Gasteiger partial charge in [0.25, 0.3) is 15.9 Å². The number of carbonyl (C=O) groups excluding carboxylic acids is 1. The zero-order valence-corrected chi connectivity index (χ0v) is 22.4. The van der Waals surface area contributed by atoms with Gasteiger partial charge in [0.15, 0.2) is 11.5 Å². The van der Waals surface area contributed by atoms with Gasteiger partial charge in [-0.15, -0.1) is 0 Å². The Morgan fingerprint density at radius 1 is 0.921 bits per heavy atom. The van der Waals surface area contributed by atoms with Crippen molar-refractivity contribution in [1.82, 2.24) is 0 Å². The summed E-state index contributed by atoms with van der Waals surface area (Å²) in [6.07, 6.45) is 1.26. The number of aryl methyl sites for hydroxylation is 1. The normalized spacial score (nSPS) is 13.0. The first kappa shape index (κ1) is 27.3. The van der Waals surface area contributed by atoms with Crippen molar-refractivity contribution in [3.05, 3.63) is 71.5 Å². The lowest BCUT2D eigenvalue weighted by Crippen LogP contribution is -2.35. The summed E-state index contributed by atoms with van der Waals surface area (Å²) < 4.78 is 58.3. The smallest absolute Gasteiger partial charge is 0.264 e. The Morgan fingerprint density at radius 3 is 2.16 bits per heavy atom. The molecule has 4 rings (SSSR count). The van der Waals surface area contributed by atoms with E-state index in [4.69, 9.17) is 14.2 Å². The SMILES string of the molecule is CCOc1cc(C(=O)Nc2ccc3c(c2)CCCN3S(=O)(=O)c2ccc(F)cc2)cc(OCC)c1OCC. The second-order valence-corrected chi connectivity index (χ2v) is 10.4. The molecule has 38 heavy (non-hydrogen) atoms. The van der Waals surface area contributed by atoms with Crippen LogP contribution in [0.2, 0.25) is 0 Å². The molecule has 1 aliphatic heterocycles. The van der Waals surface area contributed by atoms with Gasteiger partial charge in [0.1, 0.15) is 5.82 Å². The zero-order chi connectivity index (χ0) is 27.3. The molecule has 0 saturated heterocycles. The summed E-state index contributed by atoms with van der Waals surface area (Å²) in [5.74, 6) is 0.401. The van der Waals surface area contributed by atoms with E-state index in [1.807, 2.05) is 20.8 Å². The van der Waals surface area contributed by atoms with E-state index in [9.17, 15) is 17.6 Å².